The standard InChI is InChI=1S/C10H10ClNO3/c1-15-8-5-6(2-3-9(12)13)4-7(11)10(8)14/h2-5,14H,1H3,(H2,12,13)/b3-2-. The van der Waals surface area contributed by atoms with E-state index in [0.717, 1.165) is 0 Å². The van der Waals surface area contributed by atoms with E-state index < -0.39 is 5.91 Å². The van der Waals surface area contributed by atoms with Crippen molar-refractivity contribution in [2.45, 2.75) is 0 Å². The molecule has 0 aliphatic carbocycles. The van der Waals surface area contributed by atoms with E-state index in [1.165, 1.54) is 25.3 Å². The Morgan fingerprint density at radius 2 is 2.27 bits per heavy atom. The van der Waals surface area contributed by atoms with Crippen LogP contribution in [0.2, 0.25) is 5.02 Å². The van der Waals surface area contributed by atoms with Gasteiger partial charge in [0, 0.05) is 6.08 Å². The highest BCUT2D eigenvalue weighted by atomic mass is 35.5. The number of amides is 1. The van der Waals surface area contributed by atoms with Gasteiger partial charge in [-0.2, -0.15) is 0 Å². The predicted molar refractivity (Wildman–Crippen MR) is 57.9 cm³/mol. The molecule has 0 radical (unpaired) electrons. The van der Waals surface area contributed by atoms with Crippen LogP contribution in [0, 0.1) is 0 Å². The number of carbonyl (C=O) groups excluding carboxylic acids is 1. The Morgan fingerprint density at radius 3 is 2.80 bits per heavy atom. The SMILES string of the molecule is COc1cc(/C=C\C(N)=O)cc(Cl)c1O. The molecule has 0 heterocycles. The maximum atomic E-state index is 10.5. The molecule has 0 fully saturated rings. The molecule has 0 aliphatic heterocycles. The lowest BCUT2D eigenvalue weighted by molar-refractivity contribution is -0.113. The quantitative estimate of drug-likeness (QED) is 0.770. The molecule has 0 atom stereocenters. The number of methoxy groups -OCH3 is 1. The zero-order valence-electron chi connectivity index (χ0n) is 8.03. The van der Waals surface area contributed by atoms with Crippen LogP contribution in [0.3, 0.4) is 0 Å². The van der Waals surface area contributed by atoms with Crippen LogP contribution in [0.15, 0.2) is 18.2 Å². The average Bonchev–Trinajstić information content (AvgIpc) is 2.19. The minimum atomic E-state index is -0.557. The summed E-state index contributed by atoms with van der Waals surface area (Å²) in [5.41, 5.74) is 5.56. The molecule has 4 nitrogen and oxygen atoms in total. The summed E-state index contributed by atoms with van der Waals surface area (Å²) >= 11 is 5.73. The van der Waals surface area contributed by atoms with Crippen LogP contribution in [0.1, 0.15) is 5.56 Å². The number of primary amides is 1. The van der Waals surface area contributed by atoms with Crippen LogP contribution in [0.5, 0.6) is 11.5 Å². The van der Waals surface area contributed by atoms with E-state index in [1.54, 1.807) is 6.07 Å². The van der Waals surface area contributed by atoms with Gasteiger partial charge in [0.15, 0.2) is 11.5 Å². The molecule has 0 saturated heterocycles. The summed E-state index contributed by atoms with van der Waals surface area (Å²) in [5, 5.41) is 9.58. The minimum Gasteiger partial charge on any atom is -0.503 e. The Morgan fingerprint density at radius 1 is 1.60 bits per heavy atom. The first-order chi connectivity index (χ1) is 7.04. The molecule has 1 aromatic rings. The van der Waals surface area contributed by atoms with Crippen molar-refractivity contribution in [2.75, 3.05) is 7.11 Å². The fourth-order valence-corrected chi connectivity index (χ4v) is 1.24. The molecular weight excluding hydrogens is 218 g/mol. The van der Waals surface area contributed by atoms with Crippen molar-refractivity contribution in [3.63, 3.8) is 0 Å². The van der Waals surface area contributed by atoms with E-state index >= 15 is 0 Å². The van der Waals surface area contributed by atoms with Crippen LogP contribution in [-0.4, -0.2) is 18.1 Å². The number of phenolic OH excluding ortho intramolecular Hbond substituents is 1. The number of benzene rings is 1. The monoisotopic (exact) mass is 227 g/mol. The number of carbonyl (C=O) groups is 1. The van der Waals surface area contributed by atoms with Gasteiger partial charge in [-0.3, -0.25) is 4.79 Å². The number of hydrogen-bond donors (Lipinski definition) is 2. The largest absolute Gasteiger partial charge is 0.503 e. The van der Waals surface area contributed by atoms with Gasteiger partial charge in [0.25, 0.3) is 0 Å². The third-order valence-electron chi connectivity index (χ3n) is 1.71. The van der Waals surface area contributed by atoms with Crippen molar-refractivity contribution in [1.82, 2.24) is 0 Å². The first-order valence-corrected chi connectivity index (χ1v) is 4.46. The van der Waals surface area contributed by atoms with E-state index in [9.17, 15) is 9.90 Å². The maximum Gasteiger partial charge on any atom is 0.241 e. The Balaban J connectivity index is 3.11. The molecule has 1 aromatic carbocycles. The number of nitrogens with two attached hydrogens (primary N) is 1. The molecule has 5 heteroatoms. The van der Waals surface area contributed by atoms with Crippen molar-refractivity contribution in [2.24, 2.45) is 5.73 Å². The summed E-state index contributed by atoms with van der Waals surface area (Å²) in [4.78, 5) is 10.5. The second-order valence-corrected chi connectivity index (χ2v) is 3.20. The highest BCUT2D eigenvalue weighted by Crippen LogP contribution is 2.35. The third kappa shape index (κ3) is 2.89. The molecule has 0 spiro atoms. The van der Waals surface area contributed by atoms with Gasteiger partial charge in [-0.25, -0.2) is 0 Å². The van der Waals surface area contributed by atoms with Crippen molar-refractivity contribution in [3.05, 3.63) is 28.8 Å². The maximum absolute atomic E-state index is 10.5. The van der Waals surface area contributed by atoms with Gasteiger partial charge in [0.05, 0.1) is 12.1 Å². The Bertz CT molecular complexity index is 415. The summed E-state index contributed by atoms with van der Waals surface area (Å²) < 4.78 is 4.89. The number of phenols is 1. The molecule has 1 rings (SSSR count). The number of hydrogen-bond acceptors (Lipinski definition) is 3. The molecule has 1 amide bonds. The molecule has 0 saturated carbocycles. The van der Waals surface area contributed by atoms with Gasteiger partial charge in [-0.1, -0.05) is 11.6 Å². The lowest BCUT2D eigenvalue weighted by atomic mass is 10.2. The first-order valence-electron chi connectivity index (χ1n) is 4.08. The highest BCUT2D eigenvalue weighted by molar-refractivity contribution is 6.32. The molecular formula is C10H10ClNO3. The number of ether oxygens (including phenoxy) is 1. The van der Waals surface area contributed by atoms with Crippen molar-refractivity contribution in [1.29, 1.82) is 0 Å². The van der Waals surface area contributed by atoms with Crippen LogP contribution >= 0.6 is 11.6 Å². The van der Waals surface area contributed by atoms with Gasteiger partial charge in [-0.15, -0.1) is 0 Å². The molecule has 0 unspecified atom stereocenters. The third-order valence-corrected chi connectivity index (χ3v) is 2.00. The minimum absolute atomic E-state index is 0.129. The van der Waals surface area contributed by atoms with Crippen LogP contribution in [0.25, 0.3) is 6.08 Å². The van der Waals surface area contributed by atoms with Gasteiger partial charge < -0.3 is 15.6 Å². The van der Waals surface area contributed by atoms with Crippen molar-refractivity contribution < 1.29 is 14.6 Å². The smallest absolute Gasteiger partial charge is 0.241 e. The molecule has 0 bridgehead atoms. The van der Waals surface area contributed by atoms with Crippen LogP contribution in [0.4, 0.5) is 0 Å². The summed E-state index contributed by atoms with van der Waals surface area (Å²) in [6.45, 7) is 0. The zero-order valence-corrected chi connectivity index (χ0v) is 8.78. The number of aromatic hydroxyl groups is 1. The van der Waals surface area contributed by atoms with Gasteiger partial charge in [0.1, 0.15) is 0 Å². The van der Waals surface area contributed by atoms with Crippen LogP contribution in [-0.2, 0) is 4.79 Å². The van der Waals surface area contributed by atoms with Gasteiger partial charge in [0.2, 0.25) is 5.91 Å². The lowest BCUT2D eigenvalue weighted by Crippen LogP contribution is -2.05. The fraction of sp³-hybridized carbons (Fsp3) is 0.100. The second kappa shape index (κ2) is 4.70. The van der Waals surface area contributed by atoms with E-state index in [1.807, 2.05) is 0 Å². The van der Waals surface area contributed by atoms with E-state index in [-0.39, 0.29) is 16.5 Å². The Labute approximate surface area is 91.9 Å². The van der Waals surface area contributed by atoms with Gasteiger partial charge >= 0.3 is 0 Å². The van der Waals surface area contributed by atoms with E-state index in [2.05, 4.69) is 0 Å². The van der Waals surface area contributed by atoms with E-state index in [4.69, 9.17) is 22.1 Å². The van der Waals surface area contributed by atoms with Crippen molar-refractivity contribution in [3.8, 4) is 11.5 Å². The first kappa shape index (κ1) is 11.4. The zero-order chi connectivity index (χ0) is 11.4. The Hall–Kier alpha value is -1.68. The topological polar surface area (TPSA) is 72.5 Å². The van der Waals surface area contributed by atoms with E-state index in [0.29, 0.717) is 5.56 Å². The summed E-state index contributed by atoms with van der Waals surface area (Å²) in [6.07, 6.45) is 2.68. The summed E-state index contributed by atoms with van der Waals surface area (Å²) in [6, 6.07) is 3.04. The molecule has 0 aliphatic rings. The lowest BCUT2D eigenvalue weighted by Gasteiger charge is -2.05. The highest BCUT2D eigenvalue weighted by Gasteiger charge is 2.07. The molecule has 15 heavy (non-hydrogen) atoms. The molecule has 3 N–H and O–H groups in total. The fourth-order valence-electron chi connectivity index (χ4n) is 1.02. The summed E-state index contributed by atoms with van der Waals surface area (Å²) in [7, 11) is 1.41. The average molecular weight is 228 g/mol. The Kier molecular flexibility index (Phi) is 3.57. The van der Waals surface area contributed by atoms with Crippen LogP contribution < -0.4 is 10.5 Å². The number of halogens is 1. The van der Waals surface area contributed by atoms with Gasteiger partial charge in [-0.05, 0) is 23.8 Å². The normalized spacial score (nSPS) is 10.5. The predicted octanol–water partition coefficient (Wildman–Crippen LogP) is 1.55. The molecule has 0 aromatic heterocycles. The molecule has 80 valence electrons. The number of rotatable bonds is 3. The summed E-state index contributed by atoms with van der Waals surface area (Å²) in [5.74, 6) is -0.444. The van der Waals surface area contributed by atoms with Crippen molar-refractivity contribution >= 4 is 23.6 Å². The second-order valence-electron chi connectivity index (χ2n) is 2.79.